The van der Waals surface area contributed by atoms with Crippen molar-refractivity contribution in [1.29, 1.82) is 5.26 Å². The van der Waals surface area contributed by atoms with E-state index in [9.17, 15) is 14.9 Å². The van der Waals surface area contributed by atoms with Crippen molar-refractivity contribution < 1.29 is 14.3 Å². The number of esters is 1. The maximum Gasteiger partial charge on any atom is 0.339 e. The van der Waals surface area contributed by atoms with E-state index in [0.29, 0.717) is 0 Å². The number of anilines is 3. The Labute approximate surface area is 177 Å². The number of rotatable bonds is 8. The molecule has 2 aromatic carbocycles. The highest BCUT2D eigenvalue weighted by molar-refractivity contribution is 6.09. The van der Waals surface area contributed by atoms with Crippen molar-refractivity contribution in [3.8, 4) is 6.07 Å². The number of carbonyl (C=O) groups is 2. The standard InChI is InChI=1S/C23H26N4O3/c1-5-27(6-2)18-11-12-20(16(3)13-18)25-15-17(14-24)22(28)26-21-10-8-7-9-19(21)23(29)30-4/h7-13,15,25H,5-6H2,1-4H3,(H,26,28)/b17-15-. The van der Waals surface area contributed by atoms with Crippen LogP contribution < -0.4 is 15.5 Å². The smallest absolute Gasteiger partial charge is 0.339 e. The first-order chi connectivity index (χ1) is 14.4. The van der Waals surface area contributed by atoms with Crippen LogP contribution in [0.1, 0.15) is 29.8 Å². The number of nitriles is 1. The normalized spacial score (nSPS) is 10.7. The molecule has 30 heavy (non-hydrogen) atoms. The highest BCUT2D eigenvalue weighted by Gasteiger charge is 2.16. The van der Waals surface area contributed by atoms with Gasteiger partial charge < -0.3 is 20.3 Å². The Kier molecular flexibility index (Phi) is 8.00. The van der Waals surface area contributed by atoms with E-state index >= 15 is 0 Å². The molecule has 2 N–H and O–H groups in total. The highest BCUT2D eigenvalue weighted by Crippen LogP contribution is 2.23. The zero-order valence-corrected chi connectivity index (χ0v) is 17.7. The van der Waals surface area contributed by atoms with Crippen molar-refractivity contribution >= 4 is 28.9 Å². The van der Waals surface area contributed by atoms with Gasteiger partial charge in [-0.05, 0) is 56.7 Å². The van der Waals surface area contributed by atoms with Crippen LogP contribution in [0.3, 0.4) is 0 Å². The number of ether oxygens (including phenoxy) is 1. The number of para-hydroxylation sites is 1. The van der Waals surface area contributed by atoms with Crippen molar-refractivity contribution in [3.63, 3.8) is 0 Å². The van der Waals surface area contributed by atoms with Crippen molar-refractivity contribution in [3.05, 3.63) is 65.4 Å². The molecule has 0 aromatic heterocycles. The topological polar surface area (TPSA) is 94.5 Å². The number of benzene rings is 2. The van der Waals surface area contributed by atoms with Gasteiger partial charge in [0.05, 0.1) is 18.4 Å². The van der Waals surface area contributed by atoms with Crippen LogP contribution in [0.25, 0.3) is 0 Å². The Morgan fingerprint density at radius 2 is 1.83 bits per heavy atom. The lowest BCUT2D eigenvalue weighted by Gasteiger charge is -2.22. The van der Waals surface area contributed by atoms with Crippen LogP contribution >= 0.6 is 0 Å². The lowest BCUT2D eigenvalue weighted by Crippen LogP contribution is -2.21. The fourth-order valence-electron chi connectivity index (χ4n) is 2.96. The van der Waals surface area contributed by atoms with Gasteiger partial charge in [0.1, 0.15) is 11.6 Å². The minimum atomic E-state index is -0.626. The number of hydrogen-bond acceptors (Lipinski definition) is 6. The highest BCUT2D eigenvalue weighted by atomic mass is 16.5. The van der Waals surface area contributed by atoms with Crippen molar-refractivity contribution in [2.24, 2.45) is 0 Å². The van der Waals surface area contributed by atoms with Crippen LogP contribution in [-0.4, -0.2) is 32.1 Å². The molecule has 0 spiro atoms. The van der Waals surface area contributed by atoms with E-state index in [1.165, 1.54) is 19.4 Å². The van der Waals surface area contributed by atoms with Gasteiger partial charge in [-0.25, -0.2) is 4.79 Å². The molecule has 2 rings (SSSR count). The summed E-state index contributed by atoms with van der Waals surface area (Å²) < 4.78 is 4.72. The second kappa shape index (κ2) is 10.7. The van der Waals surface area contributed by atoms with Gasteiger partial charge in [0, 0.05) is 30.7 Å². The summed E-state index contributed by atoms with van der Waals surface area (Å²) in [4.78, 5) is 26.6. The van der Waals surface area contributed by atoms with Crippen LogP contribution in [-0.2, 0) is 9.53 Å². The van der Waals surface area contributed by atoms with Gasteiger partial charge in [0.25, 0.3) is 5.91 Å². The molecule has 2 aromatic rings. The summed E-state index contributed by atoms with van der Waals surface area (Å²) >= 11 is 0. The SMILES string of the molecule is CCN(CC)c1ccc(N/C=C(/C#N)C(=O)Nc2ccccc2C(=O)OC)c(C)c1. The van der Waals surface area contributed by atoms with Crippen LogP contribution in [0.2, 0.25) is 0 Å². The fourth-order valence-corrected chi connectivity index (χ4v) is 2.96. The summed E-state index contributed by atoms with van der Waals surface area (Å²) in [7, 11) is 1.26. The third-order valence-corrected chi connectivity index (χ3v) is 4.66. The Balaban J connectivity index is 2.18. The Morgan fingerprint density at radius 3 is 2.43 bits per heavy atom. The summed E-state index contributed by atoms with van der Waals surface area (Å²) in [5.74, 6) is -1.20. The largest absolute Gasteiger partial charge is 0.465 e. The number of methoxy groups -OCH3 is 1. The van der Waals surface area contributed by atoms with Gasteiger partial charge in [0.15, 0.2) is 0 Å². The van der Waals surface area contributed by atoms with Crippen molar-refractivity contribution in [2.45, 2.75) is 20.8 Å². The summed E-state index contributed by atoms with van der Waals surface area (Å²) in [5, 5.41) is 15.0. The molecule has 0 saturated heterocycles. The fraction of sp³-hybridized carbons (Fsp3) is 0.261. The van der Waals surface area contributed by atoms with E-state index in [1.807, 2.05) is 25.1 Å². The Bertz CT molecular complexity index is 988. The minimum Gasteiger partial charge on any atom is -0.465 e. The molecule has 0 bridgehead atoms. The van der Waals surface area contributed by atoms with Crippen molar-refractivity contribution in [1.82, 2.24) is 0 Å². The predicted molar refractivity (Wildman–Crippen MR) is 118 cm³/mol. The van der Waals surface area contributed by atoms with E-state index < -0.39 is 11.9 Å². The number of nitrogens with zero attached hydrogens (tertiary/aromatic N) is 2. The van der Waals surface area contributed by atoms with Crippen molar-refractivity contribution in [2.75, 3.05) is 35.7 Å². The molecule has 0 unspecified atom stereocenters. The third kappa shape index (κ3) is 5.39. The quantitative estimate of drug-likeness (QED) is 0.390. The molecule has 0 atom stereocenters. The van der Waals surface area contributed by atoms with Crippen LogP contribution in [0.5, 0.6) is 0 Å². The number of aryl methyl sites for hydroxylation is 1. The molecule has 0 saturated carbocycles. The average Bonchev–Trinajstić information content (AvgIpc) is 2.76. The van der Waals surface area contributed by atoms with E-state index in [1.54, 1.807) is 18.2 Å². The maximum absolute atomic E-state index is 12.5. The lowest BCUT2D eigenvalue weighted by molar-refractivity contribution is -0.112. The maximum atomic E-state index is 12.5. The van der Waals surface area contributed by atoms with Gasteiger partial charge in [0.2, 0.25) is 0 Å². The number of nitrogens with one attached hydrogen (secondary N) is 2. The molecule has 0 heterocycles. The first-order valence-electron chi connectivity index (χ1n) is 9.66. The predicted octanol–water partition coefficient (Wildman–Crippen LogP) is 4.09. The van der Waals surface area contributed by atoms with Crippen LogP contribution in [0.4, 0.5) is 17.1 Å². The Morgan fingerprint density at radius 1 is 1.13 bits per heavy atom. The first kappa shape index (κ1) is 22.5. The van der Waals surface area contributed by atoms with Crippen LogP contribution in [0, 0.1) is 18.3 Å². The zero-order chi connectivity index (χ0) is 22.1. The van der Waals surface area contributed by atoms with Gasteiger partial charge in [-0.15, -0.1) is 0 Å². The molecule has 0 aliphatic carbocycles. The number of hydrogen-bond donors (Lipinski definition) is 2. The van der Waals surface area contributed by atoms with E-state index in [0.717, 1.165) is 30.0 Å². The molecular weight excluding hydrogens is 380 g/mol. The molecule has 0 aliphatic heterocycles. The van der Waals surface area contributed by atoms with Gasteiger partial charge in [-0.2, -0.15) is 5.26 Å². The van der Waals surface area contributed by atoms with E-state index in [4.69, 9.17) is 4.74 Å². The Hall–Kier alpha value is -3.79. The molecule has 0 aliphatic rings. The summed E-state index contributed by atoms with van der Waals surface area (Å²) in [6, 6.07) is 14.3. The van der Waals surface area contributed by atoms with Crippen LogP contribution in [0.15, 0.2) is 54.2 Å². The van der Waals surface area contributed by atoms with Gasteiger partial charge in [-0.1, -0.05) is 12.1 Å². The molecule has 1 amide bonds. The molecule has 7 nitrogen and oxygen atoms in total. The second-order valence-electron chi connectivity index (χ2n) is 6.48. The first-order valence-corrected chi connectivity index (χ1v) is 9.66. The summed E-state index contributed by atoms with van der Waals surface area (Å²) in [5.41, 5.74) is 3.26. The summed E-state index contributed by atoms with van der Waals surface area (Å²) in [6.07, 6.45) is 1.36. The monoisotopic (exact) mass is 406 g/mol. The average molecular weight is 406 g/mol. The minimum absolute atomic E-state index is 0.123. The van der Waals surface area contributed by atoms with E-state index in [2.05, 4.69) is 35.4 Å². The number of carbonyl (C=O) groups excluding carboxylic acids is 2. The van der Waals surface area contributed by atoms with Gasteiger partial charge in [-0.3, -0.25) is 4.79 Å². The van der Waals surface area contributed by atoms with Gasteiger partial charge >= 0.3 is 5.97 Å². The molecule has 7 heteroatoms. The van der Waals surface area contributed by atoms with E-state index in [-0.39, 0.29) is 16.8 Å². The zero-order valence-electron chi connectivity index (χ0n) is 17.7. The number of amides is 1. The summed E-state index contributed by atoms with van der Waals surface area (Å²) in [6.45, 7) is 7.98. The molecule has 0 fully saturated rings. The second-order valence-corrected chi connectivity index (χ2v) is 6.48. The third-order valence-electron chi connectivity index (χ3n) is 4.66. The molecule has 0 radical (unpaired) electrons. The molecule has 156 valence electrons. The molecular formula is C23H26N4O3. The lowest BCUT2D eigenvalue weighted by atomic mass is 10.1.